The summed E-state index contributed by atoms with van der Waals surface area (Å²) in [6.07, 6.45) is 0. The molecule has 0 radical (unpaired) electrons. The third kappa shape index (κ3) is 2.46. The van der Waals surface area contributed by atoms with E-state index in [0.717, 1.165) is 37.7 Å². The van der Waals surface area contributed by atoms with Crippen molar-refractivity contribution in [3.8, 4) is 6.07 Å². The van der Waals surface area contributed by atoms with Crippen molar-refractivity contribution in [2.24, 2.45) is 0 Å². The largest absolute Gasteiger partial charge is 0.353 e. The van der Waals surface area contributed by atoms with E-state index in [9.17, 15) is 5.26 Å². The second kappa shape index (κ2) is 5.36. The number of rotatable bonds is 2. The van der Waals surface area contributed by atoms with E-state index in [2.05, 4.69) is 35.1 Å². The minimum absolute atomic E-state index is 0.404. The predicted molar refractivity (Wildman–Crippen MR) is 72.9 cm³/mol. The highest BCUT2D eigenvalue weighted by molar-refractivity contribution is 5.56. The van der Waals surface area contributed by atoms with Crippen LogP contribution in [0.3, 0.4) is 0 Å². The Morgan fingerprint density at radius 3 is 2.61 bits per heavy atom. The molecular formula is C14H20N4. The van der Waals surface area contributed by atoms with Crippen molar-refractivity contribution in [2.45, 2.75) is 26.7 Å². The van der Waals surface area contributed by atoms with E-state index < -0.39 is 0 Å². The van der Waals surface area contributed by atoms with E-state index >= 15 is 0 Å². The second-order valence-corrected chi connectivity index (χ2v) is 5.04. The molecule has 1 saturated heterocycles. The molecule has 0 aromatic carbocycles. The molecular weight excluding hydrogens is 224 g/mol. The van der Waals surface area contributed by atoms with Gasteiger partial charge in [0.15, 0.2) is 0 Å². The van der Waals surface area contributed by atoms with Gasteiger partial charge in [-0.3, -0.25) is 0 Å². The average molecular weight is 244 g/mol. The first kappa shape index (κ1) is 12.8. The van der Waals surface area contributed by atoms with Crippen LogP contribution in [0, 0.1) is 18.3 Å². The van der Waals surface area contributed by atoms with Crippen LogP contribution in [0.2, 0.25) is 0 Å². The third-order valence-corrected chi connectivity index (χ3v) is 3.39. The summed E-state index contributed by atoms with van der Waals surface area (Å²) in [6.45, 7) is 10.0. The molecule has 1 aromatic heterocycles. The highest BCUT2D eigenvalue weighted by Crippen LogP contribution is 2.25. The van der Waals surface area contributed by atoms with Crippen LogP contribution >= 0.6 is 0 Å². The summed E-state index contributed by atoms with van der Waals surface area (Å²) < 4.78 is 0. The van der Waals surface area contributed by atoms with Crippen LogP contribution in [0.15, 0.2) is 6.07 Å². The molecule has 1 fully saturated rings. The zero-order valence-electron chi connectivity index (χ0n) is 11.3. The summed E-state index contributed by atoms with van der Waals surface area (Å²) in [7, 11) is 0. The standard InChI is InChI=1S/C14H20N4/c1-10(2)13-8-12(9-15)14(17-11(13)3)18-6-4-16-5-7-18/h8,10,16H,4-7H2,1-3H3. The predicted octanol–water partition coefficient (Wildman–Crippen LogP) is 1.79. The number of nitrogens with one attached hydrogen (secondary N) is 1. The first-order valence-electron chi connectivity index (χ1n) is 6.50. The minimum Gasteiger partial charge on any atom is -0.353 e. The fourth-order valence-corrected chi connectivity index (χ4v) is 2.39. The number of piperazine rings is 1. The van der Waals surface area contributed by atoms with Crippen molar-refractivity contribution in [1.82, 2.24) is 10.3 Å². The fourth-order valence-electron chi connectivity index (χ4n) is 2.39. The lowest BCUT2D eigenvalue weighted by molar-refractivity contribution is 0.584. The van der Waals surface area contributed by atoms with Gasteiger partial charge in [0.1, 0.15) is 11.9 Å². The van der Waals surface area contributed by atoms with E-state index in [1.807, 2.05) is 13.0 Å². The maximum atomic E-state index is 9.31. The number of hydrogen-bond donors (Lipinski definition) is 1. The van der Waals surface area contributed by atoms with Gasteiger partial charge >= 0.3 is 0 Å². The van der Waals surface area contributed by atoms with E-state index in [-0.39, 0.29) is 0 Å². The van der Waals surface area contributed by atoms with Crippen molar-refractivity contribution < 1.29 is 0 Å². The van der Waals surface area contributed by atoms with Gasteiger partial charge in [-0.05, 0) is 24.5 Å². The summed E-state index contributed by atoms with van der Waals surface area (Å²) >= 11 is 0. The van der Waals surface area contributed by atoms with Crippen molar-refractivity contribution in [3.05, 3.63) is 22.9 Å². The molecule has 1 aliphatic heterocycles. The summed E-state index contributed by atoms with van der Waals surface area (Å²) in [5.74, 6) is 1.25. The van der Waals surface area contributed by atoms with E-state index in [1.165, 1.54) is 5.56 Å². The summed E-state index contributed by atoms with van der Waals surface area (Å²) in [6, 6.07) is 4.30. The summed E-state index contributed by atoms with van der Waals surface area (Å²) in [5, 5.41) is 12.6. The van der Waals surface area contributed by atoms with Crippen LogP contribution in [0.4, 0.5) is 5.82 Å². The molecule has 0 unspecified atom stereocenters. The number of aryl methyl sites for hydroxylation is 1. The third-order valence-electron chi connectivity index (χ3n) is 3.39. The molecule has 1 aromatic rings. The van der Waals surface area contributed by atoms with Gasteiger partial charge in [0, 0.05) is 31.9 Å². The van der Waals surface area contributed by atoms with Crippen LogP contribution in [-0.4, -0.2) is 31.2 Å². The minimum atomic E-state index is 0.404. The smallest absolute Gasteiger partial charge is 0.146 e. The Bertz CT molecular complexity index is 467. The molecule has 0 atom stereocenters. The molecule has 18 heavy (non-hydrogen) atoms. The highest BCUT2D eigenvalue weighted by atomic mass is 15.2. The van der Waals surface area contributed by atoms with E-state index in [4.69, 9.17) is 0 Å². The molecule has 0 amide bonds. The number of pyridine rings is 1. The highest BCUT2D eigenvalue weighted by Gasteiger charge is 2.18. The fraction of sp³-hybridized carbons (Fsp3) is 0.571. The van der Waals surface area contributed by atoms with Gasteiger partial charge in [-0.15, -0.1) is 0 Å². The van der Waals surface area contributed by atoms with Crippen LogP contribution in [0.25, 0.3) is 0 Å². The van der Waals surface area contributed by atoms with Gasteiger partial charge in [0.25, 0.3) is 0 Å². The molecule has 4 nitrogen and oxygen atoms in total. The Morgan fingerprint density at radius 1 is 1.39 bits per heavy atom. The number of aromatic nitrogens is 1. The number of anilines is 1. The maximum Gasteiger partial charge on any atom is 0.146 e. The number of nitriles is 1. The SMILES string of the molecule is Cc1nc(N2CCNCC2)c(C#N)cc1C(C)C. The normalized spacial score (nSPS) is 15.8. The van der Waals surface area contributed by atoms with Crippen molar-refractivity contribution >= 4 is 5.82 Å². The molecule has 4 heteroatoms. The molecule has 2 heterocycles. The summed E-state index contributed by atoms with van der Waals surface area (Å²) in [5.41, 5.74) is 2.91. The molecule has 0 spiro atoms. The van der Waals surface area contributed by atoms with Gasteiger partial charge in [-0.25, -0.2) is 4.98 Å². The van der Waals surface area contributed by atoms with E-state index in [1.54, 1.807) is 0 Å². The number of hydrogen-bond acceptors (Lipinski definition) is 4. The lowest BCUT2D eigenvalue weighted by Gasteiger charge is -2.29. The monoisotopic (exact) mass is 244 g/mol. The number of nitrogens with zero attached hydrogens (tertiary/aromatic N) is 3. The van der Waals surface area contributed by atoms with Crippen LogP contribution in [-0.2, 0) is 0 Å². The first-order valence-corrected chi connectivity index (χ1v) is 6.50. The average Bonchev–Trinajstić information content (AvgIpc) is 2.39. The Labute approximate surface area is 109 Å². The molecule has 0 bridgehead atoms. The Hall–Kier alpha value is -1.60. The van der Waals surface area contributed by atoms with Gasteiger partial charge in [0.05, 0.1) is 5.56 Å². The molecule has 2 rings (SSSR count). The zero-order valence-corrected chi connectivity index (χ0v) is 11.3. The lowest BCUT2D eigenvalue weighted by Crippen LogP contribution is -2.44. The molecule has 1 N–H and O–H groups in total. The topological polar surface area (TPSA) is 52.0 Å². The van der Waals surface area contributed by atoms with Crippen molar-refractivity contribution in [3.63, 3.8) is 0 Å². The Kier molecular flexibility index (Phi) is 3.83. The van der Waals surface area contributed by atoms with Crippen LogP contribution < -0.4 is 10.2 Å². The van der Waals surface area contributed by atoms with Crippen LogP contribution in [0.1, 0.15) is 36.6 Å². The van der Waals surface area contributed by atoms with Gasteiger partial charge in [-0.1, -0.05) is 13.8 Å². The van der Waals surface area contributed by atoms with E-state index in [0.29, 0.717) is 11.5 Å². The quantitative estimate of drug-likeness (QED) is 0.862. The Morgan fingerprint density at radius 2 is 2.06 bits per heavy atom. The maximum absolute atomic E-state index is 9.31. The molecule has 0 saturated carbocycles. The van der Waals surface area contributed by atoms with Crippen molar-refractivity contribution in [2.75, 3.05) is 31.1 Å². The zero-order chi connectivity index (χ0) is 13.1. The Balaban J connectivity index is 2.41. The first-order chi connectivity index (χ1) is 8.63. The molecule has 1 aliphatic rings. The van der Waals surface area contributed by atoms with Crippen molar-refractivity contribution in [1.29, 1.82) is 5.26 Å². The second-order valence-electron chi connectivity index (χ2n) is 5.04. The molecule has 96 valence electrons. The summed E-state index contributed by atoms with van der Waals surface area (Å²) in [4.78, 5) is 6.87. The van der Waals surface area contributed by atoms with Gasteiger partial charge < -0.3 is 10.2 Å². The van der Waals surface area contributed by atoms with Gasteiger partial charge in [-0.2, -0.15) is 5.26 Å². The van der Waals surface area contributed by atoms with Crippen LogP contribution in [0.5, 0.6) is 0 Å². The van der Waals surface area contributed by atoms with Gasteiger partial charge in [0.2, 0.25) is 0 Å². The lowest BCUT2D eigenvalue weighted by atomic mass is 10.00. The molecule has 0 aliphatic carbocycles.